The molecule has 0 atom stereocenters. The van der Waals surface area contributed by atoms with E-state index in [-0.39, 0.29) is 0 Å². The molecule has 18 heavy (non-hydrogen) atoms. The quantitative estimate of drug-likeness (QED) is 0.907. The molecule has 0 fully saturated rings. The van der Waals surface area contributed by atoms with Crippen molar-refractivity contribution in [1.82, 2.24) is 14.8 Å². The molecule has 2 rings (SSSR count). The first-order chi connectivity index (χ1) is 8.44. The van der Waals surface area contributed by atoms with Gasteiger partial charge in [-0.2, -0.15) is 5.10 Å². The number of hydrogen-bond donors (Lipinski definition) is 1. The summed E-state index contributed by atoms with van der Waals surface area (Å²) in [6, 6.07) is 0. The first-order valence-corrected chi connectivity index (χ1v) is 6.25. The molecule has 0 bridgehead atoms. The Labute approximate surface area is 109 Å². The zero-order valence-electron chi connectivity index (χ0n) is 10.4. The Hall–Kier alpha value is -1.89. The number of hydrogen-bond acceptors (Lipinski definition) is 5. The molecular formula is C11H14N4O2S. The first-order valence-electron chi connectivity index (χ1n) is 5.37. The van der Waals surface area contributed by atoms with Gasteiger partial charge in [-0.1, -0.05) is 0 Å². The zero-order valence-corrected chi connectivity index (χ0v) is 11.2. The lowest BCUT2D eigenvalue weighted by Gasteiger charge is -2.19. The fourth-order valence-electron chi connectivity index (χ4n) is 1.25. The van der Waals surface area contributed by atoms with E-state index in [0.717, 1.165) is 5.00 Å². The van der Waals surface area contributed by atoms with Crippen molar-refractivity contribution in [2.24, 2.45) is 0 Å². The summed E-state index contributed by atoms with van der Waals surface area (Å²) in [5.74, 6) is 0. The number of nitrogens with zero attached hydrogens (tertiary/aromatic N) is 3. The van der Waals surface area contributed by atoms with Crippen LogP contribution in [0.15, 0.2) is 24.1 Å². The summed E-state index contributed by atoms with van der Waals surface area (Å²) >= 11 is 1.46. The van der Waals surface area contributed by atoms with Gasteiger partial charge in [0.25, 0.3) is 0 Å². The number of nitrogens with one attached hydrogen (secondary N) is 1. The molecule has 2 aromatic rings. The van der Waals surface area contributed by atoms with Crippen LogP contribution in [0, 0.1) is 0 Å². The molecule has 0 unspecified atom stereocenters. The molecule has 0 spiro atoms. The Balaban J connectivity index is 2.01. The van der Waals surface area contributed by atoms with Crippen molar-refractivity contribution >= 4 is 23.1 Å². The summed E-state index contributed by atoms with van der Waals surface area (Å²) in [4.78, 5) is 15.5. The van der Waals surface area contributed by atoms with Gasteiger partial charge in [-0.05, 0) is 20.8 Å². The van der Waals surface area contributed by atoms with Crippen LogP contribution in [0.1, 0.15) is 20.8 Å². The fraction of sp³-hybridized carbons (Fsp3) is 0.364. The highest BCUT2D eigenvalue weighted by Gasteiger charge is 2.16. The van der Waals surface area contributed by atoms with Gasteiger partial charge in [0, 0.05) is 0 Å². The lowest BCUT2D eigenvalue weighted by atomic mass is 10.2. The molecule has 0 saturated heterocycles. The van der Waals surface area contributed by atoms with E-state index in [1.807, 2.05) is 20.8 Å². The van der Waals surface area contributed by atoms with Crippen molar-refractivity contribution in [1.29, 1.82) is 0 Å². The number of carbonyl (C=O) groups excluding carboxylic acids is 1. The second kappa shape index (κ2) is 4.77. The second-order valence-electron chi connectivity index (χ2n) is 4.64. The van der Waals surface area contributed by atoms with Gasteiger partial charge in [0.15, 0.2) is 0 Å². The Morgan fingerprint density at radius 2 is 2.22 bits per heavy atom. The molecule has 0 radical (unpaired) electrons. The van der Waals surface area contributed by atoms with Gasteiger partial charge in [0.05, 0.1) is 29.8 Å². The Morgan fingerprint density at radius 3 is 2.83 bits per heavy atom. The van der Waals surface area contributed by atoms with Gasteiger partial charge in [-0.15, -0.1) is 11.3 Å². The highest BCUT2D eigenvalue weighted by atomic mass is 32.1. The number of anilines is 1. The Bertz CT molecular complexity index is 527. The molecule has 2 heterocycles. The number of carbonyl (C=O) groups is 1. The number of amides is 1. The minimum absolute atomic E-state index is 0.494. The maximum atomic E-state index is 11.5. The van der Waals surface area contributed by atoms with Crippen LogP contribution in [-0.4, -0.2) is 26.5 Å². The van der Waals surface area contributed by atoms with Crippen LogP contribution >= 0.6 is 11.3 Å². The van der Waals surface area contributed by atoms with Crippen molar-refractivity contribution in [2.75, 3.05) is 5.32 Å². The van der Waals surface area contributed by atoms with Crippen LogP contribution in [0.25, 0.3) is 5.00 Å². The number of ether oxygens (including phenoxy) is 1. The van der Waals surface area contributed by atoms with Crippen molar-refractivity contribution < 1.29 is 9.53 Å². The smallest absolute Gasteiger partial charge is 0.412 e. The van der Waals surface area contributed by atoms with E-state index < -0.39 is 11.7 Å². The molecule has 2 aromatic heterocycles. The Kier molecular flexibility index (Phi) is 3.33. The normalized spacial score (nSPS) is 11.3. The minimum atomic E-state index is -0.516. The molecule has 7 heteroatoms. The number of aromatic nitrogens is 3. The third-order valence-electron chi connectivity index (χ3n) is 1.87. The van der Waals surface area contributed by atoms with E-state index in [0.29, 0.717) is 5.69 Å². The molecule has 1 amide bonds. The maximum absolute atomic E-state index is 11.5. The van der Waals surface area contributed by atoms with Crippen molar-refractivity contribution in [3.63, 3.8) is 0 Å². The predicted molar refractivity (Wildman–Crippen MR) is 69.1 cm³/mol. The van der Waals surface area contributed by atoms with E-state index in [4.69, 9.17) is 4.74 Å². The Morgan fingerprint density at radius 1 is 1.44 bits per heavy atom. The van der Waals surface area contributed by atoms with Crippen molar-refractivity contribution in [2.45, 2.75) is 26.4 Å². The monoisotopic (exact) mass is 266 g/mol. The molecule has 0 aliphatic rings. The van der Waals surface area contributed by atoms with E-state index in [2.05, 4.69) is 15.4 Å². The van der Waals surface area contributed by atoms with Gasteiger partial charge < -0.3 is 4.74 Å². The van der Waals surface area contributed by atoms with E-state index in [9.17, 15) is 4.79 Å². The van der Waals surface area contributed by atoms with Crippen LogP contribution in [-0.2, 0) is 4.74 Å². The lowest BCUT2D eigenvalue weighted by Crippen LogP contribution is -2.27. The third kappa shape index (κ3) is 3.30. The van der Waals surface area contributed by atoms with Gasteiger partial charge in [-0.25, -0.2) is 9.48 Å². The topological polar surface area (TPSA) is 69.0 Å². The number of thiazole rings is 1. The van der Waals surface area contributed by atoms with Crippen LogP contribution in [0.3, 0.4) is 0 Å². The molecule has 0 saturated carbocycles. The predicted octanol–water partition coefficient (Wildman–Crippen LogP) is 2.68. The van der Waals surface area contributed by atoms with Gasteiger partial charge in [0.1, 0.15) is 10.6 Å². The fourth-order valence-corrected chi connectivity index (χ4v) is 1.81. The van der Waals surface area contributed by atoms with Crippen LogP contribution in [0.4, 0.5) is 10.5 Å². The number of rotatable bonds is 2. The first kappa shape index (κ1) is 12.6. The van der Waals surface area contributed by atoms with Crippen LogP contribution < -0.4 is 5.32 Å². The lowest BCUT2D eigenvalue weighted by molar-refractivity contribution is 0.0636. The average molecular weight is 266 g/mol. The molecule has 6 nitrogen and oxygen atoms in total. The summed E-state index contributed by atoms with van der Waals surface area (Å²) in [6.07, 6.45) is 4.47. The van der Waals surface area contributed by atoms with Crippen LogP contribution in [0.5, 0.6) is 0 Å². The van der Waals surface area contributed by atoms with Crippen molar-refractivity contribution in [3.8, 4) is 5.00 Å². The highest BCUT2D eigenvalue weighted by Crippen LogP contribution is 2.16. The molecule has 0 aliphatic carbocycles. The second-order valence-corrected chi connectivity index (χ2v) is 5.50. The molecule has 0 aromatic carbocycles. The third-order valence-corrected chi connectivity index (χ3v) is 2.63. The zero-order chi connectivity index (χ0) is 13.2. The van der Waals surface area contributed by atoms with E-state index in [1.54, 1.807) is 28.8 Å². The molecular weight excluding hydrogens is 252 g/mol. The van der Waals surface area contributed by atoms with Crippen LogP contribution in [0.2, 0.25) is 0 Å². The maximum Gasteiger partial charge on any atom is 0.412 e. The van der Waals surface area contributed by atoms with E-state index in [1.165, 1.54) is 11.3 Å². The SMILES string of the molecule is CC(C)(C)OC(=O)Nc1cnn(-c2cncs2)c1. The summed E-state index contributed by atoms with van der Waals surface area (Å²) in [5.41, 5.74) is 1.79. The standard InChI is InChI=1S/C11H14N4O2S/c1-11(2,3)17-10(16)14-8-4-13-15(6-8)9-5-12-7-18-9/h4-7H,1-3H3,(H,14,16). The van der Waals surface area contributed by atoms with E-state index >= 15 is 0 Å². The van der Waals surface area contributed by atoms with Gasteiger partial charge >= 0.3 is 6.09 Å². The highest BCUT2D eigenvalue weighted by molar-refractivity contribution is 7.12. The average Bonchev–Trinajstić information content (AvgIpc) is 2.82. The van der Waals surface area contributed by atoms with Crippen molar-refractivity contribution in [3.05, 3.63) is 24.1 Å². The summed E-state index contributed by atoms with van der Waals surface area (Å²) in [7, 11) is 0. The molecule has 0 aliphatic heterocycles. The molecule has 1 N–H and O–H groups in total. The largest absolute Gasteiger partial charge is 0.444 e. The van der Waals surface area contributed by atoms with Gasteiger partial charge in [-0.3, -0.25) is 10.3 Å². The molecule has 96 valence electrons. The summed E-state index contributed by atoms with van der Waals surface area (Å²) in [6.45, 7) is 5.44. The summed E-state index contributed by atoms with van der Waals surface area (Å²) < 4.78 is 6.79. The minimum Gasteiger partial charge on any atom is -0.444 e. The van der Waals surface area contributed by atoms with Gasteiger partial charge in [0.2, 0.25) is 0 Å². The summed E-state index contributed by atoms with van der Waals surface area (Å²) in [5, 5.41) is 7.63.